The Morgan fingerprint density at radius 3 is 2.06 bits per heavy atom. The molecule has 6 heteroatoms. The summed E-state index contributed by atoms with van der Waals surface area (Å²) < 4.78 is 0. The lowest BCUT2D eigenvalue weighted by molar-refractivity contribution is -0.139. The van der Waals surface area contributed by atoms with Crippen LogP contribution >= 0.6 is 12.4 Å². The molecule has 1 aliphatic rings. The fraction of sp³-hybridized carbons (Fsp3) is 0.727. The van der Waals surface area contributed by atoms with Crippen molar-refractivity contribution in [1.29, 1.82) is 0 Å². The second-order valence-corrected chi connectivity index (χ2v) is 4.67. The number of carbonyl (C=O) groups excluding carboxylic acids is 3. The van der Waals surface area contributed by atoms with Crippen LogP contribution in [0.3, 0.4) is 0 Å². The first kappa shape index (κ1) is 16.1. The van der Waals surface area contributed by atoms with Crippen molar-refractivity contribution in [2.24, 2.45) is 23.5 Å². The van der Waals surface area contributed by atoms with E-state index in [1.54, 1.807) is 6.92 Å². The molecule has 0 spiro atoms. The fourth-order valence-electron chi connectivity index (χ4n) is 1.88. The summed E-state index contributed by atoms with van der Waals surface area (Å²) in [5, 5.41) is 0. The number of Topliss-reactive ketones (excluding diaryl/α,β-unsaturated/α-hetero) is 1. The van der Waals surface area contributed by atoms with E-state index in [0.29, 0.717) is 0 Å². The Bertz CT molecular complexity index is 344. The second-order valence-electron chi connectivity index (χ2n) is 4.67. The van der Waals surface area contributed by atoms with Crippen molar-refractivity contribution < 1.29 is 14.4 Å². The Hall–Kier alpha value is -0.940. The fourth-order valence-corrected chi connectivity index (χ4v) is 1.88. The number of nitrogens with two attached hydrogens (primary N) is 1. The lowest BCUT2D eigenvalue weighted by Crippen LogP contribution is -2.43. The average molecular weight is 263 g/mol. The van der Waals surface area contributed by atoms with Gasteiger partial charge in [0.05, 0.1) is 12.0 Å². The van der Waals surface area contributed by atoms with Gasteiger partial charge in [0.15, 0.2) is 5.78 Å². The molecule has 0 radical (unpaired) electrons. The number of imide groups is 1. The van der Waals surface area contributed by atoms with Crippen molar-refractivity contribution in [3.05, 3.63) is 0 Å². The molecule has 5 nitrogen and oxygen atoms in total. The zero-order valence-electron chi connectivity index (χ0n) is 10.5. The minimum atomic E-state index is -0.894. The van der Waals surface area contributed by atoms with E-state index >= 15 is 0 Å². The Morgan fingerprint density at radius 1 is 1.29 bits per heavy atom. The molecular formula is C11H19ClN2O3. The quantitative estimate of drug-likeness (QED) is 0.582. The third kappa shape index (κ3) is 2.66. The maximum absolute atomic E-state index is 12.0. The predicted octanol–water partition coefficient (Wildman–Crippen LogP) is 0.211. The van der Waals surface area contributed by atoms with Crippen LogP contribution in [0.25, 0.3) is 0 Å². The van der Waals surface area contributed by atoms with Crippen molar-refractivity contribution in [2.75, 3.05) is 7.05 Å². The van der Waals surface area contributed by atoms with Crippen molar-refractivity contribution >= 4 is 30.0 Å². The second kappa shape index (κ2) is 5.60. The third-order valence-electron chi connectivity index (χ3n) is 3.17. The van der Waals surface area contributed by atoms with Crippen molar-refractivity contribution in [3.63, 3.8) is 0 Å². The summed E-state index contributed by atoms with van der Waals surface area (Å²) in [5.41, 5.74) is 5.72. The molecule has 17 heavy (non-hydrogen) atoms. The first-order valence-corrected chi connectivity index (χ1v) is 5.39. The van der Waals surface area contributed by atoms with Crippen molar-refractivity contribution in [2.45, 2.75) is 26.8 Å². The molecule has 0 bridgehead atoms. The largest absolute Gasteiger partial charge is 0.321 e. The molecule has 0 aliphatic carbocycles. The molecule has 2 N–H and O–H groups in total. The van der Waals surface area contributed by atoms with Crippen LogP contribution in [-0.2, 0) is 14.4 Å². The molecule has 0 unspecified atom stereocenters. The van der Waals surface area contributed by atoms with Gasteiger partial charge in [-0.2, -0.15) is 0 Å². The zero-order valence-corrected chi connectivity index (χ0v) is 11.3. The molecule has 0 saturated carbocycles. The smallest absolute Gasteiger partial charge is 0.240 e. The molecule has 1 saturated heterocycles. The number of carbonyl (C=O) groups is 3. The van der Waals surface area contributed by atoms with Crippen LogP contribution in [0.5, 0.6) is 0 Å². The van der Waals surface area contributed by atoms with Gasteiger partial charge in [0, 0.05) is 7.05 Å². The summed E-state index contributed by atoms with van der Waals surface area (Å²) in [7, 11) is 1.40. The van der Waals surface area contributed by atoms with E-state index in [1.165, 1.54) is 7.05 Å². The minimum absolute atomic E-state index is 0. The van der Waals surface area contributed by atoms with Crippen LogP contribution in [0.1, 0.15) is 20.8 Å². The number of halogens is 1. The molecule has 1 rings (SSSR count). The molecule has 2 amide bonds. The Morgan fingerprint density at radius 2 is 1.76 bits per heavy atom. The van der Waals surface area contributed by atoms with Crippen LogP contribution in [-0.4, -0.2) is 35.6 Å². The highest BCUT2D eigenvalue weighted by Gasteiger charge is 2.48. The van der Waals surface area contributed by atoms with E-state index in [0.717, 1.165) is 4.90 Å². The van der Waals surface area contributed by atoms with Gasteiger partial charge in [-0.1, -0.05) is 20.8 Å². The molecule has 0 aromatic heterocycles. The summed E-state index contributed by atoms with van der Waals surface area (Å²) in [6.45, 7) is 5.23. The van der Waals surface area contributed by atoms with E-state index in [1.807, 2.05) is 13.8 Å². The van der Waals surface area contributed by atoms with Gasteiger partial charge in [-0.15, -0.1) is 12.4 Å². The van der Waals surface area contributed by atoms with E-state index in [9.17, 15) is 14.4 Å². The number of amides is 2. The number of hydrogen-bond donors (Lipinski definition) is 1. The van der Waals surface area contributed by atoms with Crippen LogP contribution in [0.4, 0.5) is 0 Å². The van der Waals surface area contributed by atoms with Gasteiger partial charge in [0.25, 0.3) is 0 Å². The number of nitrogens with zero attached hydrogens (tertiary/aromatic N) is 1. The lowest BCUT2D eigenvalue weighted by Gasteiger charge is -2.18. The third-order valence-corrected chi connectivity index (χ3v) is 3.17. The van der Waals surface area contributed by atoms with Crippen molar-refractivity contribution in [3.8, 4) is 0 Å². The average Bonchev–Trinajstić information content (AvgIpc) is 2.41. The number of ketones is 1. The van der Waals surface area contributed by atoms with Crippen LogP contribution < -0.4 is 5.73 Å². The number of rotatable bonds is 3. The van der Waals surface area contributed by atoms with Crippen LogP contribution in [0.2, 0.25) is 0 Å². The highest BCUT2D eigenvalue weighted by atomic mass is 35.5. The van der Waals surface area contributed by atoms with Gasteiger partial charge in [-0.3, -0.25) is 19.3 Å². The molecule has 1 aliphatic heterocycles. The standard InChI is InChI=1S/C11H18N2O3.ClH/c1-5(2)8(12)9(14)7-6(3)10(15)13(4)11(7)16;/h5-8H,12H2,1-4H3;1H/t6-,7+,8-;/m0./s1. The molecule has 1 heterocycles. The number of hydrogen-bond acceptors (Lipinski definition) is 4. The topological polar surface area (TPSA) is 80.5 Å². The predicted molar refractivity (Wildman–Crippen MR) is 65.5 cm³/mol. The van der Waals surface area contributed by atoms with Crippen molar-refractivity contribution in [1.82, 2.24) is 4.90 Å². The summed E-state index contributed by atoms with van der Waals surface area (Å²) in [6, 6.07) is -0.685. The van der Waals surface area contributed by atoms with E-state index in [4.69, 9.17) is 5.73 Å². The summed E-state index contributed by atoms with van der Waals surface area (Å²) in [6.07, 6.45) is 0. The van der Waals surface area contributed by atoms with E-state index < -0.39 is 23.8 Å². The first-order chi connectivity index (χ1) is 7.29. The van der Waals surface area contributed by atoms with Gasteiger partial charge < -0.3 is 5.73 Å². The summed E-state index contributed by atoms with van der Waals surface area (Å²) in [5.74, 6) is -2.58. The molecular weight excluding hydrogens is 244 g/mol. The van der Waals surface area contributed by atoms with Gasteiger partial charge in [0.2, 0.25) is 11.8 Å². The first-order valence-electron chi connectivity index (χ1n) is 5.39. The normalized spacial score (nSPS) is 26.1. The van der Waals surface area contributed by atoms with E-state index in [-0.39, 0.29) is 30.0 Å². The van der Waals surface area contributed by atoms with Crippen LogP contribution in [0, 0.1) is 17.8 Å². The molecule has 0 aromatic rings. The summed E-state index contributed by atoms with van der Waals surface area (Å²) >= 11 is 0. The van der Waals surface area contributed by atoms with E-state index in [2.05, 4.69) is 0 Å². The maximum Gasteiger partial charge on any atom is 0.240 e. The van der Waals surface area contributed by atoms with Crippen LogP contribution in [0.15, 0.2) is 0 Å². The highest BCUT2D eigenvalue weighted by Crippen LogP contribution is 2.27. The highest BCUT2D eigenvalue weighted by molar-refractivity contribution is 6.16. The minimum Gasteiger partial charge on any atom is -0.321 e. The van der Waals surface area contributed by atoms with Gasteiger partial charge in [-0.05, 0) is 5.92 Å². The Balaban J connectivity index is 0.00000256. The molecule has 0 aromatic carbocycles. The molecule has 98 valence electrons. The van der Waals surface area contributed by atoms with Gasteiger partial charge >= 0.3 is 0 Å². The van der Waals surface area contributed by atoms with Gasteiger partial charge in [0.1, 0.15) is 5.92 Å². The molecule has 1 fully saturated rings. The maximum atomic E-state index is 12.0. The molecule has 3 atom stereocenters. The Kier molecular flexibility index (Phi) is 5.29. The lowest BCUT2D eigenvalue weighted by atomic mass is 9.85. The monoisotopic (exact) mass is 262 g/mol. The summed E-state index contributed by atoms with van der Waals surface area (Å²) in [4.78, 5) is 36.2. The zero-order chi connectivity index (χ0) is 12.6. The van der Waals surface area contributed by atoms with Gasteiger partial charge in [-0.25, -0.2) is 0 Å². The SMILES string of the molecule is CC(C)[C@H](N)C(=O)[C@@H]1C(=O)N(C)C(=O)[C@H]1C.Cl. The number of likely N-dealkylation sites (tertiary alicyclic amines) is 1. The Labute approximate surface area is 107 Å².